The summed E-state index contributed by atoms with van der Waals surface area (Å²) in [5, 5.41) is 2.79. The van der Waals surface area contributed by atoms with E-state index < -0.39 is 5.76 Å². The minimum atomic E-state index is -2.46. The molecule has 0 aromatic heterocycles. The molecule has 120 valence electrons. The first kappa shape index (κ1) is 17.6. The predicted molar refractivity (Wildman–Crippen MR) is 87.5 cm³/mol. The van der Waals surface area contributed by atoms with Crippen LogP contribution in [0, 0.1) is 17.3 Å². The van der Waals surface area contributed by atoms with Gasteiger partial charge in [0, 0.05) is 10.6 Å². The van der Waals surface area contributed by atoms with Gasteiger partial charge in [0.1, 0.15) is 4.49 Å². The van der Waals surface area contributed by atoms with E-state index in [1.807, 2.05) is 13.8 Å². The van der Waals surface area contributed by atoms with Gasteiger partial charge in [-0.05, 0) is 41.7 Å². The van der Waals surface area contributed by atoms with E-state index in [1.54, 1.807) is 30.3 Å². The van der Waals surface area contributed by atoms with Gasteiger partial charge >= 0.3 is 0 Å². The Hall–Kier alpha value is -0.780. The molecule has 0 aliphatic heterocycles. The Morgan fingerprint density at radius 2 is 1.91 bits per heavy atom. The minimum absolute atomic E-state index is 0.00818. The Labute approximate surface area is 142 Å². The van der Waals surface area contributed by atoms with Crippen LogP contribution in [-0.2, 0) is 4.79 Å². The maximum Gasteiger partial charge on any atom is 0.288 e. The summed E-state index contributed by atoms with van der Waals surface area (Å²) >= 11 is 11.8. The van der Waals surface area contributed by atoms with E-state index in [2.05, 4.69) is 5.32 Å². The number of hydrogen-bond donors (Lipinski definition) is 1. The topological polar surface area (TPSA) is 29.1 Å². The number of nitrogens with one attached hydrogen (secondary N) is 1. The molecule has 2 nitrogen and oxygen atoms in total. The molecule has 7 heteroatoms. The van der Waals surface area contributed by atoms with Crippen molar-refractivity contribution in [1.82, 2.24) is 0 Å². The first-order valence-electron chi connectivity index (χ1n) is 6.60. The lowest BCUT2D eigenvalue weighted by Gasteiger charge is -2.07. The number of benzene rings is 1. The highest BCUT2D eigenvalue weighted by molar-refractivity contribution is 7.99. The Balaban J connectivity index is 1.99. The van der Waals surface area contributed by atoms with Crippen LogP contribution in [0.4, 0.5) is 14.5 Å². The maximum absolute atomic E-state index is 12.3. The van der Waals surface area contributed by atoms with Gasteiger partial charge in [0.15, 0.2) is 0 Å². The second-order valence-electron chi connectivity index (χ2n) is 5.67. The Morgan fingerprint density at radius 1 is 1.32 bits per heavy atom. The summed E-state index contributed by atoms with van der Waals surface area (Å²) in [7, 11) is 0. The van der Waals surface area contributed by atoms with E-state index in [9.17, 15) is 13.6 Å². The minimum Gasteiger partial charge on any atom is -0.326 e. The summed E-state index contributed by atoms with van der Waals surface area (Å²) in [5.74, 6) is -2.81. The molecular weight excluding hydrogens is 351 g/mol. The Morgan fingerprint density at radius 3 is 2.41 bits per heavy atom. The van der Waals surface area contributed by atoms with Crippen molar-refractivity contribution in [2.24, 2.45) is 17.3 Å². The Bertz CT molecular complexity index is 586. The van der Waals surface area contributed by atoms with Crippen molar-refractivity contribution < 1.29 is 13.6 Å². The molecule has 0 saturated heterocycles. The second kappa shape index (κ2) is 6.77. The fraction of sp³-hybridized carbons (Fsp3) is 0.400. The van der Waals surface area contributed by atoms with E-state index in [0.29, 0.717) is 22.3 Å². The first-order chi connectivity index (χ1) is 10.2. The van der Waals surface area contributed by atoms with Gasteiger partial charge < -0.3 is 5.32 Å². The highest BCUT2D eigenvalue weighted by Gasteiger charge is 2.60. The molecule has 0 heterocycles. The number of rotatable bonds is 5. The predicted octanol–water partition coefficient (Wildman–Crippen LogP) is 5.53. The van der Waals surface area contributed by atoms with Gasteiger partial charge in [0.05, 0.1) is 5.92 Å². The van der Waals surface area contributed by atoms with Crippen LogP contribution in [0.25, 0.3) is 0 Å². The van der Waals surface area contributed by atoms with Crippen molar-refractivity contribution in [2.75, 3.05) is 5.32 Å². The molecule has 2 unspecified atom stereocenters. The molecule has 2 atom stereocenters. The zero-order valence-electron chi connectivity index (χ0n) is 11.9. The van der Waals surface area contributed by atoms with Gasteiger partial charge in [-0.2, -0.15) is 8.78 Å². The third-order valence-corrected chi connectivity index (χ3v) is 4.82. The lowest BCUT2D eigenvalue weighted by Crippen LogP contribution is -2.16. The fourth-order valence-electron chi connectivity index (χ4n) is 2.56. The van der Waals surface area contributed by atoms with Crippen LogP contribution >= 0.6 is 35.0 Å². The molecule has 1 N–H and O–H groups in total. The number of carbonyl (C=O) groups excluding carboxylic acids is 1. The number of halogens is 4. The molecule has 1 aliphatic carbocycles. The van der Waals surface area contributed by atoms with Crippen LogP contribution in [0.2, 0.25) is 0 Å². The van der Waals surface area contributed by atoms with Gasteiger partial charge in [-0.3, -0.25) is 4.79 Å². The van der Waals surface area contributed by atoms with Crippen LogP contribution < -0.4 is 5.32 Å². The van der Waals surface area contributed by atoms with Crippen LogP contribution in [0.3, 0.4) is 0 Å². The van der Waals surface area contributed by atoms with E-state index in [4.69, 9.17) is 23.2 Å². The Kier molecular flexibility index (Phi) is 5.41. The fourth-order valence-corrected chi connectivity index (χ4v) is 3.34. The summed E-state index contributed by atoms with van der Waals surface area (Å²) in [6.07, 6.45) is 1.68. The maximum atomic E-state index is 12.3. The molecule has 0 spiro atoms. The molecule has 1 aliphatic rings. The number of carbonyl (C=O) groups is 1. The molecule has 1 amide bonds. The quantitative estimate of drug-likeness (QED) is 0.694. The monoisotopic (exact) mass is 365 g/mol. The zero-order chi connectivity index (χ0) is 16.5. The summed E-state index contributed by atoms with van der Waals surface area (Å²) in [6.45, 7) is 3.94. The molecule has 0 radical (unpaired) electrons. The van der Waals surface area contributed by atoms with Gasteiger partial charge in [-0.15, -0.1) is 0 Å². The first-order valence-corrected chi connectivity index (χ1v) is 8.24. The van der Waals surface area contributed by atoms with E-state index >= 15 is 0 Å². The summed E-state index contributed by atoms with van der Waals surface area (Å²) in [4.78, 5) is 12.7. The van der Waals surface area contributed by atoms with Crippen LogP contribution in [0.15, 0.2) is 39.7 Å². The van der Waals surface area contributed by atoms with Crippen LogP contribution in [-0.4, -0.2) is 11.7 Å². The number of anilines is 1. The third kappa shape index (κ3) is 4.15. The lowest BCUT2D eigenvalue weighted by molar-refractivity contribution is -0.118. The van der Waals surface area contributed by atoms with Gasteiger partial charge in [-0.25, -0.2) is 0 Å². The molecule has 1 aromatic rings. The van der Waals surface area contributed by atoms with Gasteiger partial charge in [-0.1, -0.05) is 48.8 Å². The highest BCUT2D eigenvalue weighted by Crippen LogP contribution is 2.60. The van der Waals surface area contributed by atoms with Crippen molar-refractivity contribution >= 4 is 46.6 Å². The SMILES string of the molecule is CC1(C)C(C=C(Cl)Cl)C1C(=O)Nc1ccc(SC(F)F)cc1. The average Bonchev–Trinajstić information content (AvgIpc) is 2.91. The third-order valence-electron chi connectivity index (χ3n) is 3.85. The van der Waals surface area contributed by atoms with E-state index in [0.717, 1.165) is 0 Å². The van der Waals surface area contributed by atoms with Crippen molar-refractivity contribution in [2.45, 2.75) is 24.5 Å². The standard InChI is InChI=1S/C15H15Cl2F2NOS/c1-15(2)10(7-11(16)17)12(15)13(21)20-8-3-5-9(6-4-8)22-14(18)19/h3-7,10,12,14H,1-2H3,(H,20,21). The second-order valence-corrected chi connectivity index (χ2v) is 7.74. The summed E-state index contributed by atoms with van der Waals surface area (Å²) < 4.78 is 24.6. The molecule has 0 bridgehead atoms. The van der Waals surface area contributed by atoms with E-state index in [-0.39, 0.29) is 27.6 Å². The lowest BCUT2D eigenvalue weighted by atomic mass is 10.1. The molecule has 1 fully saturated rings. The van der Waals surface area contributed by atoms with Crippen molar-refractivity contribution in [1.29, 1.82) is 0 Å². The number of allylic oxidation sites excluding steroid dienone is 1. The number of hydrogen-bond acceptors (Lipinski definition) is 2. The molecule has 1 aromatic carbocycles. The smallest absolute Gasteiger partial charge is 0.288 e. The van der Waals surface area contributed by atoms with Gasteiger partial charge in [0.2, 0.25) is 5.91 Å². The average molecular weight is 366 g/mol. The summed E-state index contributed by atoms with van der Waals surface area (Å²) in [5.41, 5.74) is 0.371. The number of amides is 1. The largest absolute Gasteiger partial charge is 0.326 e. The van der Waals surface area contributed by atoms with E-state index in [1.165, 1.54) is 0 Å². The highest BCUT2D eigenvalue weighted by atomic mass is 35.5. The zero-order valence-corrected chi connectivity index (χ0v) is 14.3. The molecular formula is C15H15Cl2F2NOS. The van der Waals surface area contributed by atoms with Crippen LogP contribution in [0.5, 0.6) is 0 Å². The number of thioether (sulfide) groups is 1. The van der Waals surface area contributed by atoms with Crippen LogP contribution in [0.1, 0.15) is 13.8 Å². The number of alkyl halides is 2. The summed E-state index contributed by atoms with van der Waals surface area (Å²) in [6, 6.07) is 6.32. The normalized spacial score (nSPS) is 22.3. The molecule has 2 rings (SSSR count). The molecule has 1 saturated carbocycles. The van der Waals surface area contributed by atoms with Crippen molar-refractivity contribution in [3.8, 4) is 0 Å². The van der Waals surface area contributed by atoms with Crippen molar-refractivity contribution in [3.05, 3.63) is 34.8 Å². The van der Waals surface area contributed by atoms with Gasteiger partial charge in [0.25, 0.3) is 5.76 Å². The molecule has 22 heavy (non-hydrogen) atoms. The van der Waals surface area contributed by atoms with Crippen molar-refractivity contribution in [3.63, 3.8) is 0 Å².